The molecule has 0 fully saturated rings. The van der Waals surface area contributed by atoms with Crippen molar-refractivity contribution in [1.29, 1.82) is 0 Å². The second-order valence-electron chi connectivity index (χ2n) is 3.97. The second-order valence-corrected chi connectivity index (χ2v) is 5.98. The highest BCUT2D eigenvalue weighted by Crippen LogP contribution is 2.28. The van der Waals surface area contributed by atoms with Crippen LogP contribution in [0.25, 0.3) is 0 Å². The first-order valence-corrected chi connectivity index (χ1v) is 7.39. The Hall–Kier alpha value is -2.15. The van der Waals surface area contributed by atoms with E-state index in [1.54, 1.807) is 30.5 Å². The summed E-state index contributed by atoms with van der Waals surface area (Å²) in [5.74, 6) is 0.601. The number of hydrogen-bond donors (Lipinski definition) is 1. The largest absolute Gasteiger partial charge is 0.338 e. The Kier molecular flexibility index (Phi) is 3.66. The third-order valence-electron chi connectivity index (χ3n) is 2.59. The van der Waals surface area contributed by atoms with E-state index in [0.29, 0.717) is 17.2 Å². The third-order valence-corrected chi connectivity index (χ3v) is 3.78. The number of rotatable bonds is 4. The number of nitrogens with zero attached hydrogens (tertiary/aromatic N) is 3. The van der Waals surface area contributed by atoms with Gasteiger partial charge >= 0.3 is 0 Å². The van der Waals surface area contributed by atoms with Crippen LogP contribution in [0.4, 0.5) is 17.2 Å². The zero-order chi connectivity index (χ0) is 13.9. The van der Waals surface area contributed by atoms with Crippen molar-refractivity contribution in [2.75, 3.05) is 22.9 Å². The maximum absolute atomic E-state index is 11.6. The molecular formula is C12H14N4O2S. The Morgan fingerprint density at radius 2 is 1.95 bits per heavy atom. The van der Waals surface area contributed by atoms with Gasteiger partial charge in [-0.1, -0.05) is 12.1 Å². The standard InChI is InChI=1S/C12H14N4O2S/c1-16(19(2,17)18)11-6-4-3-5-10(11)15-12-7-8-13-9-14-12/h3-9H,1-2H3,(H,13,14,15). The van der Waals surface area contributed by atoms with Gasteiger partial charge in [0.2, 0.25) is 10.0 Å². The van der Waals surface area contributed by atoms with Gasteiger partial charge in [0.25, 0.3) is 0 Å². The normalized spacial score (nSPS) is 11.1. The quantitative estimate of drug-likeness (QED) is 0.919. The number of nitrogens with one attached hydrogen (secondary N) is 1. The summed E-state index contributed by atoms with van der Waals surface area (Å²) in [6.45, 7) is 0. The minimum absolute atomic E-state index is 0.559. The molecule has 0 saturated carbocycles. The van der Waals surface area contributed by atoms with Crippen molar-refractivity contribution in [2.45, 2.75) is 0 Å². The van der Waals surface area contributed by atoms with Gasteiger partial charge in [0.1, 0.15) is 12.1 Å². The Balaban J connectivity index is 2.37. The van der Waals surface area contributed by atoms with Gasteiger partial charge in [-0.3, -0.25) is 4.31 Å². The first kappa shape index (κ1) is 13.3. The summed E-state index contributed by atoms with van der Waals surface area (Å²) in [5, 5.41) is 3.07. The molecule has 1 N–H and O–H groups in total. The molecule has 1 aromatic carbocycles. The van der Waals surface area contributed by atoms with E-state index in [1.807, 2.05) is 6.07 Å². The minimum Gasteiger partial charge on any atom is -0.338 e. The van der Waals surface area contributed by atoms with Crippen LogP contribution in [0.1, 0.15) is 0 Å². The Labute approximate surface area is 112 Å². The van der Waals surface area contributed by atoms with Crippen LogP contribution in [0.2, 0.25) is 0 Å². The first-order valence-electron chi connectivity index (χ1n) is 5.54. The lowest BCUT2D eigenvalue weighted by Crippen LogP contribution is -2.25. The number of anilines is 3. The lowest BCUT2D eigenvalue weighted by molar-refractivity contribution is 0.600. The summed E-state index contributed by atoms with van der Waals surface area (Å²) in [7, 11) is -1.80. The van der Waals surface area contributed by atoms with Gasteiger partial charge < -0.3 is 5.32 Å². The van der Waals surface area contributed by atoms with Gasteiger partial charge in [0, 0.05) is 13.2 Å². The fourth-order valence-electron chi connectivity index (χ4n) is 1.54. The molecule has 7 heteroatoms. The van der Waals surface area contributed by atoms with Crippen molar-refractivity contribution in [3.05, 3.63) is 42.9 Å². The molecule has 0 amide bonds. The summed E-state index contributed by atoms with van der Waals surface area (Å²) in [5.41, 5.74) is 1.22. The third kappa shape index (κ3) is 3.19. The molecule has 0 spiro atoms. The Bertz CT molecular complexity index is 658. The molecule has 1 heterocycles. The van der Waals surface area contributed by atoms with Crippen molar-refractivity contribution >= 4 is 27.2 Å². The fourth-order valence-corrected chi connectivity index (χ4v) is 2.05. The summed E-state index contributed by atoms with van der Waals surface area (Å²) < 4.78 is 24.4. The molecule has 0 aliphatic heterocycles. The molecule has 0 radical (unpaired) electrons. The summed E-state index contributed by atoms with van der Waals surface area (Å²) in [6, 6.07) is 8.83. The predicted octanol–water partition coefficient (Wildman–Crippen LogP) is 1.62. The van der Waals surface area contributed by atoms with Gasteiger partial charge in [-0.05, 0) is 18.2 Å². The molecule has 100 valence electrons. The summed E-state index contributed by atoms with van der Waals surface area (Å²) in [6.07, 6.45) is 4.19. The smallest absolute Gasteiger partial charge is 0.232 e. The van der Waals surface area contributed by atoms with Crippen molar-refractivity contribution < 1.29 is 8.42 Å². The number of benzene rings is 1. The van der Waals surface area contributed by atoms with Crippen molar-refractivity contribution in [2.24, 2.45) is 0 Å². The SMILES string of the molecule is CN(c1ccccc1Nc1ccncn1)S(C)(=O)=O. The summed E-state index contributed by atoms with van der Waals surface area (Å²) >= 11 is 0. The van der Waals surface area contributed by atoms with Crippen LogP contribution in [0.15, 0.2) is 42.9 Å². The average molecular weight is 278 g/mol. The maximum Gasteiger partial charge on any atom is 0.232 e. The van der Waals surface area contributed by atoms with Crippen LogP contribution in [0.3, 0.4) is 0 Å². The Morgan fingerprint density at radius 3 is 2.58 bits per heavy atom. The van der Waals surface area contributed by atoms with Crippen LogP contribution in [-0.4, -0.2) is 31.7 Å². The van der Waals surface area contributed by atoms with Gasteiger partial charge in [-0.2, -0.15) is 0 Å². The van der Waals surface area contributed by atoms with Gasteiger partial charge in [-0.15, -0.1) is 0 Å². The highest BCUT2D eigenvalue weighted by molar-refractivity contribution is 7.92. The van der Waals surface area contributed by atoms with Gasteiger partial charge in [0.05, 0.1) is 17.6 Å². The zero-order valence-corrected chi connectivity index (χ0v) is 11.4. The second kappa shape index (κ2) is 5.23. The molecule has 0 bridgehead atoms. The highest BCUT2D eigenvalue weighted by Gasteiger charge is 2.15. The van der Waals surface area contributed by atoms with Crippen molar-refractivity contribution in [3.8, 4) is 0 Å². The molecule has 1 aromatic heterocycles. The van der Waals surface area contributed by atoms with Crippen molar-refractivity contribution in [3.63, 3.8) is 0 Å². The average Bonchev–Trinajstić information content (AvgIpc) is 2.39. The van der Waals surface area contributed by atoms with E-state index in [4.69, 9.17) is 0 Å². The van der Waals surface area contributed by atoms with E-state index in [2.05, 4.69) is 15.3 Å². The molecule has 0 aliphatic carbocycles. The Morgan fingerprint density at radius 1 is 1.21 bits per heavy atom. The molecule has 2 aromatic rings. The predicted molar refractivity (Wildman–Crippen MR) is 75.0 cm³/mol. The molecule has 0 aliphatic rings. The van der Waals surface area contributed by atoms with E-state index in [0.717, 1.165) is 6.26 Å². The van der Waals surface area contributed by atoms with E-state index in [1.165, 1.54) is 17.7 Å². The number of aromatic nitrogens is 2. The van der Waals surface area contributed by atoms with Crippen LogP contribution in [-0.2, 0) is 10.0 Å². The molecule has 6 nitrogen and oxygen atoms in total. The lowest BCUT2D eigenvalue weighted by Gasteiger charge is -2.20. The van der Waals surface area contributed by atoms with Gasteiger partial charge in [-0.25, -0.2) is 18.4 Å². The summed E-state index contributed by atoms with van der Waals surface area (Å²) in [4.78, 5) is 7.87. The molecule has 0 atom stereocenters. The lowest BCUT2D eigenvalue weighted by atomic mass is 10.2. The topological polar surface area (TPSA) is 75.2 Å². The fraction of sp³-hybridized carbons (Fsp3) is 0.167. The number of sulfonamides is 1. The van der Waals surface area contributed by atoms with Crippen LogP contribution in [0, 0.1) is 0 Å². The van der Waals surface area contributed by atoms with Crippen LogP contribution < -0.4 is 9.62 Å². The minimum atomic E-state index is -3.31. The van der Waals surface area contributed by atoms with E-state index < -0.39 is 10.0 Å². The van der Waals surface area contributed by atoms with E-state index in [9.17, 15) is 8.42 Å². The molecular weight excluding hydrogens is 264 g/mol. The molecule has 0 saturated heterocycles. The maximum atomic E-state index is 11.6. The molecule has 0 unspecified atom stereocenters. The number of hydrogen-bond acceptors (Lipinski definition) is 5. The van der Waals surface area contributed by atoms with Gasteiger partial charge in [0.15, 0.2) is 0 Å². The molecule has 2 rings (SSSR count). The monoisotopic (exact) mass is 278 g/mol. The zero-order valence-electron chi connectivity index (χ0n) is 10.6. The van der Waals surface area contributed by atoms with Crippen LogP contribution in [0.5, 0.6) is 0 Å². The van der Waals surface area contributed by atoms with E-state index >= 15 is 0 Å². The van der Waals surface area contributed by atoms with Crippen LogP contribution >= 0.6 is 0 Å². The first-order chi connectivity index (χ1) is 8.98. The highest BCUT2D eigenvalue weighted by atomic mass is 32.2. The van der Waals surface area contributed by atoms with Crippen molar-refractivity contribution in [1.82, 2.24) is 9.97 Å². The molecule has 19 heavy (non-hydrogen) atoms. The number of para-hydroxylation sites is 2. The van der Waals surface area contributed by atoms with E-state index in [-0.39, 0.29) is 0 Å².